The van der Waals surface area contributed by atoms with Crippen LogP contribution in [-0.2, 0) is 6.54 Å². The monoisotopic (exact) mass is 246 g/mol. The molecule has 5 nitrogen and oxygen atoms in total. The summed E-state index contributed by atoms with van der Waals surface area (Å²) in [7, 11) is 0. The Morgan fingerprint density at radius 2 is 2.39 bits per heavy atom. The molecule has 1 atom stereocenters. The minimum Gasteiger partial charge on any atom is -0.345 e. The van der Waals surface area contributed by atoms with Crippen LogP contribution in [0.25, 0.3) is 0 Å². The summed E-state index contributed by atoms with van der Waals surface area (Å²) in [6.07, 6.45) is 7.38. The molecule has 3 rings (SSSR count). The highest BCUT2D eigenvalue weighted by atomic mass is 16.5. The Hall–Kier alpha value is -1.62. The van der Waals surface area contributed by atoms with Crippen LogP contribution in [0.1, 0.15) is 55.4 Å². The highest BCUT2D eigenvalue weighted by Gasteiger charge is 2.28. The fraction of sp³-hybridized carbons (Fsp3) is 0.538. The summed E-state index contributed by atoms with van der Waals surface area (Å²) in [6.45, 7) is 2.71. The van der Waals surface area contributed by atoms with Crippen LogP contribution in [0.2, 0.25) is 0 Å². The van der Waals surface area contributed by atoms with Crippen molar-refractivity contribution in [3.05, 3.63) is 35.7 Å². The van der Waals surface area contributed by atoms with Crippen molar-refractivity contribution in [3.63, 3.8) is 0 Å². The molecule has 1 fully saturated rings. The Labute approximate surface area is 106 Å². The lowest BCUT2D eigenvalue weighted by Gasteiger charge is -2.04. The highest BCUT2D eigenvalue weighted by Crippen LogP contribution is 2.38. The van der Waals surface area contributed by atoms with Gasteiger partial charge in [-0.1, -0.05) is 12.1 Å². The van der Waals surface area contributed by atoms with Gasteiger partial charge in [-0.05, 0) is 30.9 Å². The second-order valence-electron chi connectivity index (χ2n) is 4.95. The first-order valence-corrected chi connectivity index (χ1v) is 6.50. The van der Waals surface area contributed by atoms with Gasteiger partial charge in [0.15, 0.2) is 5.82 Å². The summed E-state index contributed by atoms with van der Waals surface area (Å²) >= 11 is 0. The van der Waals surface area contributed by atoms with E-state index in [0.29, 0.717) is 18.4 Å². The topological polar surface area (TPSA) is 69.9 Å². The molecule has 2 heterocycles. The van der Waals surface area contributed by atoms with E-state index in [2.05, 4.69) is 23.3 Å². The Morgan fingerprint density at radius 3 is 3.11 bits per heavy atom. The molecule has 0 aromatic carbocycles. The van der Waals surface area contributed by atoms with Gasteiger partial charge >= 0.3 is 0 Å². The lowest BCUT2D eigenvalue weighted by atomic mass is 10.1. The third-order valence-corrected chi connectivity index (χ3v) is 3.39. The number of hydrogen-bond acceptors (Lipinski definition) is 4. The molecule has 1 saturated carbocycles. The largest absolute Gasteiger partial charge is 0.345 e. The van der Waals surface area contributed by atoms with Gasteiger partial charge in [-0.25, -0.2) is 0 Å². The van der Waals surface area contributed by atoms with E-state index in [-0.39, 0.29) is 6.04 Å². The molecule has 5 heteroatoms. The maximum Gasteiger partial charge on any atom is 0.246 e. The van der Waals surface area contributed by atoms with Gasteiger partial charge < -0.3 is 14.8 Å². The summed E-state index contributed by atoms with van der Waals surface area (Å²) < 4.78 is 7.29. The number of aromatic nitrogens is 3. The van der Waals surface area contributed by atoms with Crippen LogP contribution in [0.3, 0.4) is 0 Å². The molecule has 0 spiro atoms. The van der Waals surface area contributed by atoms with Crippen LogP contribution in [0.4, 0.5) is 0 Å². The normalized spacial score (nSPS) is 17.0. The average molecular weight is 246 g/mol. The van der Waals surface area contributed by atoms with Crippen molar-refractivity contribution in [2.75, 3.05) is 0 Å². The minimum atomic E-state index is 0.107. The molecule has 2 N–H and O–H groups in total. The van der Waals surface area contributed by atoms with E-state index in [4.69, 9.17) is 10.3 Å². The predicted molar refractivity (Wildman–Crippen MR) is 67.0 cm³/mol. The molecule has 18 heavy (non-hydrogen) atoms. The van der Waals surface area contributed by atoms with Crippen molar-refractivity contribution >= 4 is 0 Å². The standard InChI is InChI=1S/C13H18N4O/c1-2-11(14)10-5-6-17(7-10)8-12-15-13(16-18-12)9-3-4-9/h5-7,9,11H,2-4,8,14H2,1H3. The molecule has 0 aliphatic heterocycles. The van der Waals surface area contributed by atoms with Crippen LogP contribution in [0.15, 0.2) is 23.0 Å². The van der Waals surface area contributed by atoms with Gasteiger partial charge in [0.2, 0.25) is 5.89 Å². The molecule has 2 aromatic heterocycles. The van der Waals surface area contributed by atoms with Crippen LogP contribution in [0, 0.1) is 0 Å². The van der Waals surface area contributed by atoms with E-state index in [1.807, 2.05) is 16.8 Å². The van der Waals surface area contributed by atoms with E-state index in [9.17, 15) is 0 Å². The lowest BCUT2D eigenvalue weighted by molar-refractivity contribution is 0.366. The summed E-state index contributed by atoms with van der Waals surface area (Å²) in [5, 5.41) is 4.01. The maximum atomic E-state index is 5.99. The molecule has 1 aliphatic carbocycles. The fourth-order valence-electron chi connectivity index (χ4n) is 2.01. The van der Waals surface area contributed by atoms with E-state index >= 15 is 0 Å². The third-order valence-electron chi connectivity index (χ3n) is 3.39. The van der Waals surface area contributed by atoms with Crippen molar-refractivity contribution < 1.29 is 4.52 Å². The number of nitrogens with two attached hydrogens (primary N) is 1. The summed E-state index contributed by atoms with van der Waals surface area (Å²) in [6, 6.07) is 2.16. The number of hydrogen-bond donors (Lipinski definition) is 1. The second-order valence-corrected chi connectivity index (χ2v) is 4.95. The maximum absolute atomic E-state index is 5.99. The molecular weight excluding hydrogens is 228 g/mol. The van der Waals surface area contributed by atoms with Crippen LogP contribution < -0.4 is 5.73 Å². The third kappa shape index (κ3) is 2.31. The first-order chi connectivity index (χ1) is 8.76. The summed E-state index contributed by atoms with van der Waals surface area (Å²) in [4.78, 5) is 4.41. The molecule has 2 aromatic rings. The van der Waals surface area contributed by atoms with E-state index in [1.54, 1.807) is 0 Å². The molecule has 1 unspecified atom stereocenters. The van der Waals surface area contributed by atoms with Gasteiger partial charge in [0.25, 0.3) is 0 Å². The zero-order chi connectivity index (χ0) is 12.5. The molecule has 0 saturated heterocycles. The predicted octanol–water partition coefficient (Wildman–Crippen LogP) is 2.21. The summed E-state index contributed by atoms with van der Waals surface area (Å²) in [5.41, 5.74) is 7.14. The summed E-state index contributed by atoms with van der Waals surface area (Å²) in [5.74, 6) is 2.07. The van der Waals surface area contributed by atoms with Crippen LogP contribution in [-0.4, -0.2) is 14.7 Å². The quantitative estimate of drug-likeness (QED) is 0.878. The first-order valence-electron chi connectivity index (χ1n) is 6.50. The highest BCUT2D eigenvalue weighted by molar-refractivity contribution is 5.15. The van der Waals surface area contributed by atoms with E-state index in [0.717, 1.165) is 17.8 Å². The van der Waals surface area contributed by atoms with E-state index < -0.39 is 0 Å². The van der Waals surface area contributed by atoms with Gasteiger partial charge in [-0.2, -0.15) is 4.98 Å². The van der Waals surface area contributed by atoms with Gasteiger partial charge in [0.1, 0.15) is 6.54 Å². The average Bonchev–Trinajstić information content (AvgIpc) is 2.96. The lowest BCUT2D eigenvalue weighted by Crippen LogP contribution is -2.07. The Balaban J connectivity index is 1.69. The van der Waals surface area contributed by atoms with Gasteiger partial charge in [0, 0.05) is 24.4 Å². The van der Waals surface area contributed by atoms with Crippen molar-refractivity contribution in [1.29, 1.82) is 0 Å². The van der Waals surface area contributed by atoms with Crippen molar-refractivity contribution in [1.82, 2.24) is 14.7 Å². The molecule has 0 radical (unpaired) electrons. The first kappa shape index (κ1) is 11.5. The van der Waals surface area contributed by atoms with Gasteiger partial charge in [-0.3, -0.25) is 0 Å². The molecule has 1 aliphatic rings. The fourth-order valence-corrected chi connectivity index (χ4v) is 2.01. The van der Waals surface area contributed by atoms with Crippen LogP contribution in [0.5, 0.6) is 0 Å². The molecule has 96 valence electrons. The smallest absolute Gasteiger partial charge is 0.246 e. The van der Waals surface area contributed by atoms with E-state index in [1.165, 1.54) is 12.8 Å². The Bertz CT molecular complexity index is 527. The second kappa shape index (κ2) is 4.57. The van der Waals surface area contributed by atoms with Crippen molar-refractivity contribution in [3.8, 4) is 0 Å². The SMILES string of the molecule is CCC(N)c1ccn(Cc2nc(C3CC3)no2)c1. The molecule has 0 bridgehead atoms. The Morgan fingerprint density at radius 1 is 1.56 bits per heavy atom. The van der Waals surface area contributed by atoms with Gasteiger partial charge in [0.05, 0.1) is 0 Å². The van der Waals surface area contributed by atoms with Gasteiger partial charge in [-0.15, -0.1) is 0 Å². The van der Waals surface area contributed by atoms with Crippen LogP contribution >= 0.6 is 0 Å². The molecular formula is C13H18N4O. The molecule has 0 amide bonds. The number of nitrogens with zero attached hydrogens (tertiary/aromatic N) is 3. The minimum absolute atomic E-state index is 0.107. The van der Waals surface area contributed by atoms with Crippen molar-refractivity contribution in [2.45, 2.75) is 44.7 Å². The Kier molecular flexibility index (Phi) is 2.91. The van der Waals surface area contributed by atoms with Crippen molar-refractivity contribution in [2.24, 2.45) is 5.73 Å². The number of rotatable bonds is 5. The zero-order valence-electron chi connectivity index (χ0n) is 10.5. The zero-order valence-corrected chi connectivity index (χ0v) is 10.5.